The minimum Gasteiger partial charge on any atom is -0.462 e. The maximum Gasteiger partial charge on any atom is 0.339 e. The first kappa shape index (κ1) is 14.8. The van der Waals surface area contributed by atoms with E-state index in [9.17, 15) is 4.79 Å². The molecule has 1 fully saturated rings. The molecule has 2 rings (SSSR count). The van der Waals surface area contributed by atoms with Gasteiger partial charge in [-0.25, -0.2) is 9.78 Å². The molecule has 0 amide bonds. The van der Waals surface area contributed by atoms with E-state index in [1.165, 1.54) is 0 Å². The number of pyridine rings is 1. The van der Waals surface area contributed by atoms with Crippen LogP contribution in [-0.4, -0.2) is 36.7 Å². The summed E-state index contributed by atoms with van der Waals surface area (Å²) in [7, 11) is 0. The van der Waals surface area contributed by atoms with Crippen molar-refractivity contribution in [1.29, 1.82) is 0 Å². The van der Waals surface area contributed by atoms with Crippen molar-refractivity contribution < 1.29 is 9.53 Å². The molecule has 0 aromatic carbocycles. The summed E-state index contributed by atoms with van der Waals surface area (Å²) in [5, 5.41) is 0. The van der Waals surface area contributed by atoms with Gasteiger partial charge in [0.1, 0.15) is 5.82 Å². The van der Waals surface area contributed by atoms with Gasteiger partial charge in [-0.3, -0.25) is 0 Å². The van der Waals surface area contributed by atoms with Gasteiger partial charge < -0.3 is 15.4 Å². The van der Waals surface area contributed by atoms with Crippen molar-refractivity contribution in [2.24, 2.45) is 11.1 Å². The number of aromatic nitrogens is 1. The Balaban J connectivity index is 2.09. The molecule has 2 N–H and O–H groups in total. The number of anilines is 1. The van der Waals surface area contributed by atoms with Gasteiger partial charge in [0, 0.05) is 25.3 Å². The second kappa shape index (κ2) is 5.79. The quantitative estimate of drug-likeness (QED) is 0.854. The first-order chi connectivity index (χ1) is 9.44. The lowest BCUT2D eigenvalue weighted by atomic mass is 9.80. The third-order valence-electron chi connectivity index (χ3n) is 3.90. The van der Waals surface area contributed by atoms with Crippen LogP contribution in [0, 0.1) is 5.41 Å². The Morgan fingerprint density at radius 2 is 2.30 bits per heavy atom. The highest BCUT2D eigenvalue weighted by Crippen LogP contribution is 2.30. The predicted molar refractivity (Wildman–Crippen MR) is 78.8 cm³/mol. The molecule has 20 heavy (non-hydrogen) atoms. The Hall–Kier alpha value is -1.62. The highest BCUT2D eigenvalue weighted by Gasteiger charge is 2.33. The lowest BCUT2D eigenvalue weighted by Crippen LogP contribution is -2.52. The van der Waals surface area contributed by atoms with E-state index in [0.29, 0.717) is 12.2 Å². The first-order valence-electron chi connectivity index (χ1n) is 7.08. The zero-order valence-corrected chi connectivity index (χ0v) is 12.4. The fourth-order valence-corrected chi connectivity index (χ4v) is 2.48. The van der Waals surface area contributed by atoms with Crippen LogP contribution in [0.15, 0.2) is 18.3 Å². The maximum atomic E-state index is 11.6. The zero-order chi connectivity index (χ0) is 14.8. The van der Waals surface area contributed by atoms with Crippen LogP contribution in [0.4, 0.5) is 5.82 Å². The molecule has 0 aliphatic carbocycles. The lowest BCUT2D eigenvalue weighted by Gasteiger charge is -2.43. The summed E-state index contributed by atoms with van der Waals surface area (Å²) in [6.45, 7) is 8.29. The Morgan fingerprint density at radius 1 is 1.55 bits per heavy atom. The van der Waals surface area contributed by atoms with Gasteiger partial charge in [-0.15, -0.1) is 0 Å². The molecule has 5 nitrogen and oxygen atoms in total. The van der Waals surface area contributed by atoms with Crippen molar-refractivity contribution in [3.05, 3.63) is 23.9 Å². The van der Waals surface area contributed by atoms with E-state index < -0.39 is 0 Å². The molecule has 0 spiro atoms. The summed E-state index contributed by atoms with van der Waals surface area (Å²) in [4.78, 5) is 18.2. The summed E-state index contributed by atoms with van der Waals surface area (Å²) in [6.07, 6.45) is 2.53. The average molecular weight is 277 g/mol. The van der Waals surface area contributed by atoms with Gasteiger partial charge in [0.2, 0.25) is 0 Å². The summed E-state index contributed by atoms with van der Waals surface area (Å²) < 4.78 is 4.95. The molecule has 2 heterocycles. The second-order valence-corrected chi connectivity index (χ2v) is 5.93. The van der Waals surface area contributed by atoms with Gasteiger partial charge in [-0.2, -0.15) is 0 Å². The number of piperidine rings is 1. The van der Waals surface area contributed by atoms with E-state index >= 15 is 0 Å². The number of esters is 1. The molecule has 1 atom stereocenters. The second-order valence-electron chi connectivity index (χ2n) is 5.93. The number of nitrogens with two attached hydrogens (primary N) is 1. The molecule has 5 heteroatoms. The minimum absolute atomic E-state index is 0.0692. The summed E-state index contributed by atoms with van der Waals surface area (Å²) in [6, 6.07) is 3.86. The van der Waals surface area contributed by atoms with E-state index in [0.717, 1.165) is 25.3 Å². The molecule has 1 aromatic rings. The number of rotatable bonds is 3. The van der Waals surface area contributed by atoms with Crippen molar-refractivity contribution in [2.75, 3.05) is 24.6 Å². The third kappa shape index (κ3) is 3.10. The molecule has 110 valence electrons. The molecule has 0 bridgehead atoms. The van der Waals surface area contributed by atoms with Crippen molar-refractivity contribution in [3.8, 4) is 0 Å². The predicted octanol–water partition coefficient (Wildman–Crippen LogP) is 1.82. The van der Waals surface area contributed by atoms with Crippen LogP contribution >= 0.6 is 0 Å². The molecule has 0 saturated carbocycles. The van der Waals surface area contributed by atoms with Crippen molar-refractivity contribution in [3.63, 3.8) is 0 Å². The van der Waals surface area contributed by atoms with E-state index in [4.69, 9.17) is 10.5 Å². The van der Waals surface area contributed by atoms with Crippen molar-refractivity contribution >= 4 is 11.8 Å². The third-order valence-corrected chi connectivity index (χ3v) is 3.90. The fourth-order valence-electron chi connectivity index (χ4n) is 2.48. The van der Waals surface area contributed by atoms with Crippen molar-refractivity contribution in [2.45, 2.75) is 33.2 Å². The van der Waals surface area contributed by atoms with Crippen LogP contribution in [0.5, 0.6) is 0 Å². The highest BCUT2D eigenvalue weighted by atomic mass is 16.5. The zero-order valence-electron chi connectivity index (χ0n) is 12.4. The Bertz CT molecular complexity index is 471. The maximum absolute atomic E-state index is 11.6. The SMILES string of the molecule is CCOC(=O)c1ccc(N2CCC(N)C(C)(C)C2)nc1. The Kier molecular flexibility index (Phi) is 4.28. The van der Waals surface area contributed by atoms with Crippen LogP contribution in [0.1, 0.15) is 37.6 Å². The minimum atomic E-state index is -0.326. The van der Waals surface area contributed by atoms with E-state index in [-0.39, 0.29) is 17.4 Å². The lowest BCUT2D eigenvalue weighted by molar-refractivity contribution is 0.0526. The molecule has 1 aliphatic rings. The van der Waals surface area contributed by atoms with E-state index in [2.05, 4.69) is 23.7 Å². The van der Waals surface area contributed by atoms with E-state index in [1.54, 1.807) is 19.2 Å². The van der Waals surface area contributed by atoms with Crippen LogP contribution in [-0.2, 0) is 4.74 Å². The molecule has 1 aromatic heterocycles. The molecule has 0 radical (unpaired) electrons. The smallest absolute Gasteiger partial charge is 0.339 e. The Labute approximate surface area is 120 Å². The standard InChI is InChI=1S/C15H23N3O2/c1-4-20-14(19)11-5-6-13(17-9-11)18-8-7-12(16)15(2,3)10-18/h5-6,9,12H,4,7-8,10,16H2,1-3H3. The summed E-state index contributed by atoms with van der Waals surface area (Å²) in [5.74, 6) is 0.561. The van der Waals surface area contributed by atoms with E-state index in [1.807, 2.05) is 6.07 Å². The van der Waals surface area contributed by atoms with Crippen LogP contribution in [0.3, 0.4) is 0 Å². The van der Waals surface area contributed by atoms with Crippen LogP contribution in [0.25, 0.3) is 0 Å². The van der Waals surface area contributed by atoms with Gasteiger partial charge in [-0.1, -0.05) is 13.8 Å². The van der Waals surface area contributed by atoms with Gasteiger partial charge in [0.05, 0.1) is 12.2 Å². The molecular formula is C15H23N3O2. The number of ether oxygens (including phenoxy) is 1. The number of carbonyl (C=O) groups excluding carboxylic acids is 1. The molecule has 1 aliphatic heterocycles. The van der Waals surface area contributed by atoms with Gasteiger partial charge in [0.25, 0.3) is 0 Å². The summed E-state index contributed by atoms with van der Waals surface area (Å²) >= 11 is 0. The van der Waals surface area contributed by atoms with Gasteiger partial charge >= 0.3 is 5.97 Å². The van der Waals surface area contributed by atoms with Gasteiger partial charge in [-0.05, 0) is 30.9 Å². The largest absolute Gasteiger partial charge is 0.462 e. The number of nitrogens with zero attached hydrogens (tertiary/aromatic N) is 2. The number of carbonyl (C=O) groups is 1. The number of hydrogen-bond acceptors (Lipinski definition) is 5. The highest BCUT2D eigenvalue weighted by molar-refractivity contribution is 5.89. The van der Waals surface area contributed by atoms with Gasteiger partial charge in [0.15, 0.2) is 0 Å². The fraction of sp³-hybridized carbons (Fsp3) is 0.600. The van der Waals surface area contributed by atoms with Crippen LogP contribution in [0.2, 0.25) is 0 Å². The monoisotopic (exact) mass is 277 g/mol. The Morgan fingerprint density at radius 3 is 2.85 bits per heavy atom. The summed E-state index contributed by atoms with van der Waals surface area (Å²) in [5.41, 5.74) is 6.70. The van der Waals surface area contributed by atoms with Crippen LogP contribution < -0.4 is 10.6 Å². The number of hydrogen-bond donors (Lipinski definition) is 1. The topological polar surface area (TPSA) is 68.5 Å². The normalized spacial score (nSPS) is 21.6. The molecule has 1 unspecified atom stereocenters. The molecule has 1 saturated heterocycles. The van der Waals surface area contributed by atoms with Crippen molar-refractivity contribution in [1.82, 2.24) is 4.98 Å². The average Bonchev–Trinajstić information content (AvgIpc) is 2.42. The molecular weight excluding hydrogens is 254 g/mol. The first-order valence-corrected chi connectivity index (χ1v) is 7.08.